The number of carbonyl (C=O) groups excluding carboxylic acids is 1. The van der Waals surface area contributed by atoms with Gasteiger partial charge in [-0.1, -0.05) is 84.4 Å². The van der Waals surface area contributed by atoms with Crippen molar-refractivity contribution in [2.45, 2.75) is 31.4 Å². The summed E-state index contributed by atoms with van der Waals surface area (Å²) in [5, 5.41) is 10.1. The van der Waals surface area contributed by atoms with Gasteiger partial charge in [0.2, 0.25) is 0 Å². The number of aliphatic carboxylic acids is 1. The van der Waals surface area contributed by atoms with Crippen LogP contribution in [-0.2, 0) is 14.3 Å². The maximum Gasteiger partial charge on any atom is 0.430 e. The summed E-state index contributed by atoms with van der Waals surface area (Å²) in [5.41, 5.74) is 0.183. The highest BCUT2D eigenvalue weighted by molar-refractivity contribution is 6.30. The zero-order valence-electron chi connectivity index (χ0n) is 20.9. The van der Waals surface area contributed by atoms with E-state index in [-0.39, 0.29) is 34.4 Å². The minimum absolute atomic E-state index is 0.0556. The van der Waals surface area contributed by atoms with Gasteiger partial charge in [-0.2, -0.15) is 13.2 Å². The van der Waals surface area contributed by atoms with Gasteiger partial charge < -0.3 is 9.84 Å². The third-order valence-corrected chi connectivity index (χ3v) is 6.88. The third-order valence-electron chi connectivity index (χ3n) is 6.64. The highest BCUT2D eigenvalue weighted by Gasteiger charge is 2.52. The summed E-state index contributed by atoms with van der Waals surface area (Å²) in [6.45, 7) is 1.19. The maximum atomic E-state index is 13.9. The van der Waals surface area contributed by atoms with Gasteiger partial charge in [0.05, 0.1) is 12.2 Å². The predicted molar refractivity (Wildman–Crippen MR) is 142 cm³/mol. The molecule has 0 fully saturated rings. The van der Waals surface area contributed by atoms with Crippen molar-refractivity contribution in [3.05, 3.63) is 118 Å². The van der Waals surface area contributed by atoms with E-state index in [0.29, 0.717) is 6.42 Å². The fraction of sp³-hybridized carbons (Fsp3) is 0.233. The molecule has 1 aliphatic heterocycles. The van der Waals surface area contributed by atoms with Gasteiger partial charge in [-0.05, 0) is 42.2 Å². The standard InChI is InChI=1S/C30H25ClF3NO4/c1-18-24(25(21-13-8-14-22(31)17-21)26(28(36)37)27(35-18)30(32,33)34)29(38)39-16-15-23(19-9-4-2-5-10-19)20-11-6-3-7-12-20/h2-14,17,23,25-26H,15-16H2,1H3,(H,36,37). The summed E-state index contributed by atoms with van der Waals surface area (Å²) in [5.74, 6) is -6.44. The molecule has 0 aromatic heterocycles. The number of carboxylic acids is 1. The molecule has 0 bridgehead atoms. The molecule has 4 rings (SSSR count). The number of carbonyl (C=O) groups is 2. The lowest BCUT2D eigenvalue weighted by molar-refractivity contribution is -0.142. The molecule has 0 radical (unpaired) electrons. The number of esters is 1. The minimum atomic E-state index is -5.02. The molecule has 1 heterocycles. The van der Waals surface area contributed by atoms with Gasteiger partial charge in [0.1, 0.15) is 11.6 Å². The van der Waals surface area contributed by atoms with Crippen LogP contribution in [0.5, 0.6) is 0 Å². The van der Waals surface area contributed by atoms with Crippen LogP contribution < -0.4 is 0 Å². The fourth-order valence-electron chi connectivity index (χ4n) is 4.94. The molecule has 1 N–H and O–H groups in total. The second-order valence-corrected chi connectivity index (χ2v) is 9.58. The normalized spacial score (nSPS) is 17.6. The molecule has 3 aromatic carbocycles. The van der Waals surface area contributed by atoms with Crippen LogP contribution in [-0.4, -0.2) is 35.5 Å². The lowest BCUT2D eigenvalue weighted by atomic mass is 9.75. The first-order valence-electron chi connectivity index (χ1n) is 12.2. The monoisotopic (exact) mass is 555 g/mol. The summed E-state index contributed by atoms with van der Waals surface area (Å²) in [6, 6.07) is 25.1. The number of hydrogen-bond donors (Lipinski definition) is 1. The van der Waals surface area contributed by atoms with Crippen molar-refractivity contribution in [1.29, 1.82) is 0 Å². The highest BCUT2D eigenvalue weighted by atomic mass is 35.5. The van der Waals surface area contributed by atoms with Gasteiger partial charge in [-0.25, -0.2) is 4.79 Å². The third kappa shape index (κ3) is 6.40. The van der Waals surface area contributed by atoms with Crippen LogP contribution in [0.4, 0.5) is 13.2 Å². The molecule has 2 atom stereocenters. The zero-order valence-corrected chi connectivity index (χ0v) is 21.6. The number of halogens is 4. The van der Waals surface area contributed by atoms with E-state index in [9.17, 15) is 27.9 Å². The summed E-state index contributed by atoms with van der Waals surface area (Å²) in [4.78, 5) is 29.1. The number of carboxylic acid groups (broad SMARTS) is 1. The molecule has 9 heteroatoms. The van der Waals surface area contributed by atoms with Crippen LogP contribution in [0.3, 0.4) is 0 Å². The van der Waals surface area contributed by atoms with E-state index in [1.807, 2.05) is 60.7 Å². The summed E-state index contributed by atoms with van der Waals surface area (Å²) >= 11 is 6.08. The number of hydrogen-bond acceptors (Lipinski definition) is 4. The van der Waals surface area contributed by atoms with E-state index in [0.717, 1.165) is 11.1 Å². The van der Waals surface area contributed by atoms with E-state index >= 15 is 0 Å². The maximum absolute atomic E-state index is 13.9. The Morgan fingerprint density at radius 2 is 1.56 bits per heavy atom. The van der Waals surface area contributed by atoms with E-state index < -0.39 is 35.7 Å². The Morgan fingerprint density at radius 1 is 0.974 bits per heavy atom. The first-order valence-corrected chi connectivity index (χ1v) is 12.6. The summed E-state index contributed by atoms with van der Waals surface area (Å²) < 4.78 is 47.2. The Bertz CT molecular complexity index is 1360. The SMILES string of the molecule is CC1=C(C(=O)OCCC(c2ccccc2)c2ccccc2)C(c2cccc(Cl)c2)C(C(=O)O)C(C(F)(F)F)=N1. The number of allylic oxidation sites excluding steroid dienone is 1. The molecule has 39 heavy (non-hydrogen) atoms. The van der Waals surface area contributed by atoms with Crippen LogP contribution in [0.2, 0.25) is 5.02 Å². The van der Waals surface area contributed by atoms with Crippen molar-refractivity contribution in [2.24, 2.45) is 10.9 Å². The second-order valence-electron chi connectivity index (χ2n) is 9.14. The molecule has 0 saturated carbocycles. The Hall–Kier alpha value is -3.91. The number of nitrogens with zero attached hydrogens (tertiary/aromatic N) is 1. The van der Waals surface area contributed by atoms with Gasteiger partial charge >= 0.3 is 18.1 Å². The first kappa shape index (κ1) is 28.1. The van der Waals surface area contributed by atoms with Crippen LogP contribution in [0.15, 0.2) is 101 Å². The number of alkyl halides is 3. The lowest BCUT2D eigenvalue weighted by Crippen LogP contribution is -2.43. The summed E-state index contributed by atoms with van der Waals surface area (Å²) in [6.07, 6.45) is -4.62. The predicted octanol–water partition coefficient (Wildman–Crippen LogP) is 7.18. The molecule has 5 nitrogen and oxygen atoms in total. The highest BCUT2D eigenvalue weighted by Crippen LogP contribution is 2.43. The van der Waals surface area contributed by atoms with Gasteiger partial charge in [-0.3, -0.25) is 9.79 Å². The van der Waals surface area contributed by atoms with Gasteiger partial charge in [0.15, 0.2) is 0 Å². The average Bonchev–Trinajstić information content (AvgIpc) is 2.90. The van der Waals surface area contributed by atoms with Gasteiger partial charge in [-0.15, -0.1) is 0 Å². The Balaban J connectivity index is 1.66. The summed E-state index contributed by atoms with van der Waals surface area (Å²) in [7, 11) is 0. The van der Waals surface area contributed by atoms with Crippen molar-refractivity contribution in [1.82, 2.24) is 0 Å². The van der Waals surface area contributed by atoms with Crippen molar-refractivity contribution in [2.75, 3.05) is 6.61 Å². The average molecular weight is 556 g/mol. The van der Waals surface area contributed by atoms with E-state index in [2.05, 4.69) is 4.99 Å². The molecule has 0 amide bonds. The van der Waals surface area contributed by atoms with Crippen LogP contribution >= 0.6 is 11.6 Å². The quantitative estimate of drug-likeness (QED) is 0.299. The topological polar surface area (TPSA) is 76.0 Å². The molecule has 3 aromatic rings. The minimum Gasteiger partial charge on any atom is -0.481 e. The van der Waals surface area contributed by atoms with Gasteiger partial charge in [0.25, 0.3) is 0 Å². The van der Waals surface area contributed by atoms with Crippen LogP contribution in [0.1, 0.15) is 41.9 Å². The Kier molecular flexibility index (Phi) is 8.55. The lowest BCUT2D eigenvalue weighted by Gasteiger charge is -2.32. The van der Waals surface area contributed by atoms with E-state index in [1.54, 1.807) is 0 Å². The fourth-order valence-corrected chi connectivity index (χ4v) is 5.14. The van der Waals surface area contributed by atoms with E-state index in [1.165, 1.54) is 31.2 Å². The first-order chi connectivity index (χ1) is 18.6. The van der Waals surface area contributed by atoms with Crippen molar-refractivity contribution in [3.8, 4) is 0 Å². The number of aliphatic imine (C=N–C) groups is 1. The number of benzene rings is 3. The van der Waals surface area contributed by atoms with E-state index in [4.69, 9.17) is 16.3 Å². The largest absolute Gasteiger partial charge is 0.481 e. The molecule has 0 aliphatic carbocycles. The van der Waals surface area contributed by atoms with Crippen molar-refractivity contribution >= 4 is 29.3 Å². The van der Waals surface area contributed by atoms with Crippen LogP contribution in [0, 0.1) is 5.92 Å². The molecule has 1 aliphatic rings. The second kappa shape index (κ2) is 11.9. The molecule has 0 spiro atoms. The Morgan fingerprint density at radius 3 is 2.08 bits per heavy atom. The molecular weight excluding hydrogens is 531 g/mol. The zero-order chi connectivity index (χ0) is 28.2. The van der Waals surface area contributed by atoms with Gasteiger partial charge in [0, 0.05) is 22.6 Å². The Labute approximate surface area is 228 Å². The number of rotatable bonds is 8. The number of ether oxygens (including phenoxy) is 1. The smallest absolute Gasteiger partial charge is 0.430 e. The van der Waals surface area contributed by atoms with Crippen molar-refractivity contribution < 1.29 is 32.6 Å². The molecule has 202 valence electrons. The molecule has 0 saturated heterocycles. The molecular formula is C30H25ClF3NO4. The van der Waals surface area contributed by atoms with Crippen LogP contribution in [0.25, 0.3) is 0 Å². The molecule has 2 unspecified atom stereocenters. The van der Waals surface area contributed by atoms with Crippen molar-refractivity contribution in [3.63, 3.8) is 0 Å².